The summed E-state index contributed by atoms with van der Waals surface area (Å²) < 4.78 is 16.5. The van der Waals surface area contributed by atoms with Crippen LogP contribution in [0.25, 0.3) is 0 Å². The molecule has 0 unspecified atom stereocenters. The Bertz CT molecular complexity index is 808. The van der Waals surface area contributed by atoms with Crippen LogP contribution in [0.5, 0.6) is 11.5 Å². The van der Waals surface area contributed by atoms with Crippen LogP contribution >= 0.6 is 12.2 Å². The molecule has 0 aliphatic carbocycles. The number of ether oxygens (including phenoxy) is 2. The molecule has 2 rings (SSSR count). The van der Waals surface area contributed by atoms with Crippen LogP contribution in [-0.2, 0) is 6.61 Å². The first-order valence-corrected chi connectivity index (χ1v) is 10.4. The number of hydrogen-bond donors (Lipinski definition) is 3. The largest absolute Gasteiger partial charge is 0.493 e. The van der Waals surface area contributed by atoms with Crippen LogP contribution in [0.15, 0.2) is 40.8 Å². The number of carbonyl (C=O) groups is 1. The second-order valence-corrected chi connectivity index (χ2v) is 6.83. The van der Waals surface area contributed by atoms with Crippen molar-refractivity contribution < 1.29 is 18.7 Å². The van der Waals surface area contributed by atoms with E-state index >= 15 is 0 Å². The van der Waals surface area contributed by atoms with E-state index in [0.717, 1.165) is 32.6 Å². The molecule has 0 fully saturated rings. The van der Waals surface area contributed by atoms with Gasteiger partial charge in [-0.2, -0.15) is 0 Å². The maximum Gasteiger partial charge on any atom is 0.305 e. The number of furan rings is 1. The van der Waals surface area contributed by atoms with Gasteiger partial charge in [-0.05, 0) is 62.5 Å². The Morgan fingerprint density at radius 2 is 1.83 bits per heavy atom. The number of amides is 1. The molecule has 164 valence electrons. The zero-order valence-electron chi connectivity index (χ0n) is 17.7. The molecule has 0 bridgehead atoms. The lowest BCUT2D eigenvalue weighted by Crippen LogP contribution is -2.47. The zero-order valence-corrected chi connectivity index (χ0v) is 18.5. The Labute approximate surface area is 182 Å². The second-order valence-electron chi connectivity index (χ2n) is 6.42. The molecule has 0 radical (unpaired) electrons. The van der Waals surface area contributed by atoms with Crippen molar-refractivity contribution in [2.75, 3.05) is 33.3 Å². The standard InChI is InChI=1S/C21H30N4O4S/c1-4-25(5-2)14-8-13-22-21(30)24-23-20(26)19-12-11-16(29-19)15-28-18-10-7-6-9-17(18)27-3/h6-7,9-12H,4-5,8,13-15H2,1-3H3,(H,23,26)(H2,22,24,30). The van der Waals surface area contributed by atoms with Crippen LogP contribution in [0.3, 0.4) is 0 Å². The van der Waals surface area contributed by atoms with Crippen molar-refractivity contribution in [3.63, 3.8) is 0 Å². The normalized spacial score (nSPS) is 10.5. The summed E-state index contributed by atoms with van der Waals surface area (Å²) >= 11 is 5.17. The third kappa shape index (κ3) is 7.57. The third-order valence-electron chi connectivity index (χ3n) is 4.45. The van der Waals surface area contributed by atoms with E-state index in [2.05, 4.69) is 34.9 Å². The summed E-state index contributed by atoms with van der Waals surface area (Å²) in [4.78, 5) is 14.6. The Hall–Kier alpha value is -2.78. The number of carbonyl (C=O) groups excluding carboxylic acids is 1. The highest BCUT2D eigenvalue weighted by molar-refractivity contribution is 7.80. The minimum absolute atomic E-state index is 0.158. The van der Waals surface area contributed by atoms with Gasteiger partial charge < -0.3 is 24.1 Å². The molecule has 2 aromatic rings. The van der Waals surface area contributed by atoms with Gasteiger partial charge in [0.2, 0.25) is 0 Å². The van der Waals surface area contributed by atoms with Gasteiger partial charge in [0.25, 0.3) is 0 Å². The number of thiocarbonyl (C=S) groups is 1. The van der Waals surface area contributed by atoms with Crippen molar-refractivity contribution in [2.24, 2.45) is 0 Å². The fourth-order valence-corrected chi connectivity index (χ4v) is 2.88. The van der Waals surface area contributed by atoms with Gasteiger partial charge in [-0.1, -0.05) is 26.0 Å². The van der Waals surface area contributed by atoms with Crippen LogP contribution in [0.4, 0.5) is 0 Å². The number of nitrogens with one attached hydrogen (secondary N) is 3. The average molecular weight is 435 g/mol. The Balaban J connectivity index is 1.71. The molecule has 1 aromatic heterocycles. The first kappa shape index (κ1) is 23.5. The van der Waals surface area contributed by atoms with Crippen LogP contribution < -0.4 is 25.6 Å². The molecule has 9 heteroatoms. The Morgan fingerprint density at radius 3 is 2.53 bits per heavy atom. The molecule has 0 aliphatic rings. The first-order valence-electron chi connectivity index (χ1n) is 9.98. The summed E-state index contributed by atoms with van der Waals surface area (Å²) in [6, 6.07) is 10.6. The van der Waals surface area contributed by atoms with Crippen LogP contribution in [0.1, 0.15) is 36.6 Å². The monoisotopic (exact) mass is 434 g/mol. The number of hydrazine groups is 1. The van der Waals surface area contributed by atoms with E-state index in [1.807, 2.05) is 18.2 Å². The molecular weight excluding hydrogens is 404 g/mol. The second kappa shape index (κ2) is 12.7. The Morgan fingerprint density at radius 1 is 1.10 bits per heavy atom. The summed E-state index contributed by atoms with van der Waals surface area (Å²) in [5.41, 5.74) is 5.20. The third-order valence-corrected chi connectivity index (χ3v) is 4.69. The highest BCUT2D eigenvalue weighted by Gasteiger charge is 2.12. The molecule has 3 N–H and O–H groups in total. The molecule has 0 saturated carbocycles. The maximum atomic E-state index is 12.2. The molecule has 30 heavy (non-hydrogen) atoms. The van der Waals surface area contributed by atoms with Gasteiger partial charge in [0.05, 0.1) is 7.11 Å². The number of para-hydroxylation sites is 2. The van der Waals surface area contributed by atoms with Gasteiger partial charge in [-0.3, -0.25) is 15.6 Å². The number of rotatable bonds is 11. The summed E-state index contributed by atoms with van der Waals surface area (Å²) in [7, 11) is 1.58. The molecular formula is C21H30N4O4S. The number of methoxy groups -OCH3 is 1. The molecule has 1 amide bonds. The Kier molecular flexibility index (Phi) is 9.96. The lowest BCUT2D eigenvalue weighted by atomic mass is 10.3. The molecule has 0 spiro atoms. The van der Waals surface area contributed by atoms with Gasteiger partial charge >= 0.3 is 5.91 Å². The van der Waals surface area contributed by atoms with E-state index in [1.165, 1.54) is 0 Å². The lowest BCUT2D eigenvalue weighted by molar-refractivity contribution is 0.0911. The van der Waals surface area contributed by atoms with Gasteiger partial charge in [0.1, 0.15) is 12.4 Å². The van der Waals surface area contributed by atoms with Crippen LogP contribution in [0, 0.1) is 0 Å². The fraction of sp³-hybridized carbons (Fsp3) is 0.429. The maximum absolute atomic E-state index is 12.2. The molecule has 8 nitrogen and oxygen atoms in total. The van der Waals surface area contributed by atoms with Crippen molar-refractivity contribution >= 4 is 23.2 Å². The summed E-state index contributed by atoms with van der Waals surface area (Å²) in [6.07, 6.45) is 0.963. The van der Waals surface area contributed by atoms with E-state index in [4.69, 9.17) is 26.1 Å². The van der Waals surface area contributed by atoms with Crippen molar-refractivity contribution in [3.05, 3.63) is 47.9 Å². The van der Waals surface area contributed by atoms with Crippen LogP contribution in [0.2, 0.25) is 0 Å². The average Bonchev–Trinajstić information content (AvgIpc) is 3.25. The van der Waals surface area contributed by atoms with E-state index in [9.17, 15) is 4.79 Å². The number of benzene rings is 1. The minimum atomic E-state index is -0.425. The van der Waals surface area contributed by atoms with Gasteiger partial charge in [0.15, 0.2) is 22.4 Å². The van der Waals surface area contributed by atoms with E-state index in [1.54, 1.807) is 25.3 Å². The summed E-state index contributed by atoms with van der Waals surface area (Å²) in [6.45, 7) is 8.25. The van der Waals surface area contributed by atoms with Gasteiger partial charge in [0, 0.05) is 6.54 Å². The molecule has 0 aliphatic heterocycles. The predicted molar refractivity (Wildman–Crippen MR) is 120 cm³/mol. The molecule has 0 atom stereocenters. The van der Waals surface area contributed by atoms with Gasteiger partial charge in [-0.15, -0.1) is 0 Å². The summed E-state index contributed by atoms with van der Waals surface area (Å²) in [5, 5.41) is 3.42. The molecule has 1 aromatic carbocycles. The minimum Gasteiger partial charge on any atom is -0.493 e. The predicted octanol–water partition coefficient (Wildman–Crippen LogP) is 2.71. The van der Waals surface area contributed by atoms with E-state index in [0.29, 0.717) is 22.4 Å². The SMILES string of the molecule is CCN(CC)CCCNC(=S)NNC(=O)c1ccc(COc2ccccc2OC)o1. The molecule has 1 heterocycles. The van der Waals surface area contributed by atoms with E-state index in [-0.39, 0.29) is 12.4 Å². The van der Waals surface area contributed by atoms with Crippen LogP contribution in [-0.4, -0.2) is 49.2 Å². The van der Waals surface area contributed by atoms with Gasteiger partial charge in [-0.25, -0.2) is 0 Å². The highest BCUT2D eigenvalue weighted by atomic mass is 32.1. The van der Waals surface area contributed by atoms with Crippen molar-refractivity contribution in [3.8, 4) is 11.5 Å². The summed E-state index contributed by atoms with van der Waals surface area (Å²) in [5.74, 6) is 1.48. The first-order chi connectivity index (χ1) is 14.6. The van der Waals surface area contributed by atoms with E-state index < -0.39 is 5.91 Å². The number of hydrogen-bond acceptors (Lipinski definition) is 6. The smallest absolute Gasteiger partial charge is 0.305 e. The molecule has 0 saturated heterocycles. The fourth-order valence-electron chi connectivity index (χ4n) is 2.73. The lowest BCUT2D eigenvalue weighted by Gasteiger charge is -2.18. The highest BCUT2D eigenvalue weighted by Crippen LogP contribution is 2.26. The van der Waals surface area contributed by atoms with Crippen molar-refractivity contribution in [1.82, 2.24) is 21.1 Å². The zero-order chi connectivity index (χ0) is 21.8. The van der Waals surface area contributed by atoms with Crippen molar-refractivity contribution in [2.45, 2.75) is 26.9 Å². The van der Waals surface area contributed by atoms with Crippen molar-refractivity contribution in [1.29, 1.82) is 0 Å². The topological polar surface area (TPSA) is 88.0 Å². The quantitative estimate of drug-likeness (QED) is 0.283. The number of nitrogens with zero attached hydrogens (tertiary/aromatic N) is 1.